The SMILES string of the molecule is Cc1cccc(NC(=O)Cc2c(C)noc2C)n1. The van der Waals surface area contributed by atoms with Crippen LogP contribution in [0.3, 0.4) is 0 Å². The smallest absolute Gasteiger partial charge is 0.230 e. The van der Waals surface area contributed by atoms with Crippen molar-refractivity contribution in [2.75, 3.05) is 5.32 Å². The van der Waals surface area contributed by atoms with Gasteiger partial charge in [0, 0.05) is 11.3 Å². The molecule has 0 aromatic carbocycles. The van der Waals surface area contributed by atoms with Crippen LogP contribution in [0.15, 0.2) is 22.7 Å². The fourth-order valence-corrected chi connectivity index (χ4v) is 1.71. The van der Waals surface area contributed by atoms with E-state index in [4.69, 9.17) is 4.52 Å². The summed E-state index contributed by atoms with van der Waals surface area (Å²) in [5, 5.41) is 6.58. The maximum Gasteiger partial charge on any atom is 0.230 e. The van der Waals surface area contributed by atoms with Gasteiger partial charge >= 0.3 is 0 Å². The highest BCUT2D eigenvalue weighted by atomic mass is 16.5. The number of rotatable bonds is 3. The summed E-state index contributed by atoms with van der Waals surface area (Å²) in [5.74, 6) is 1.12. The van der Waals surface area contributed by atoms with E-state index in [0.29, 0.717) is 11.6 Å². The van der Waals surface area contributed by atoms with Gasteiger partial charge < -0.3 is 9.84 Å². The minimum absolute atomic E-state index is 0.123. The van der Waals surface area contributed by atoms with Gasteiger partial charge in [0.05, 0.1) is 12.1 Å². The lowest BCUT2D eigenvalue weighted by Gasteiger charge is -2.04. The lowest BCUT2D eigenvalue weighted by atomic mass is 10.1. The fourth-order valence-electron chi connectivity index (χ4n) is 1.71. The van der Waals surface area contributed by atoms with Crippen LogP contribution in [0.25, 0.3) is 0 Å². The number of anilines is 1. The zero-order valence-electron chi connectivity index (χ0n) is 10.7. The number of hydrogen-bond donors (Lipinski definition) is 1. The molecule has 2 aromatic rings. The van der Waals surface area contributed by atoms with E-state index in [0.717, 1.165) is 17.0 Å². The monoisotopic (exact) mass is 245 g/mol. The Labute approximate surface area is 105 Å². The minimum Gasteiger partial charge on any atom is -0.361 e. The van der Waals surface area contributed by atoms with Crippen molar-refractivity contribution in [3.63, 3.8) is 0 Å². The maximum atomic E-state index is 11.9. The first-order valence-electron chi connectivity index (χ1n) is 5.71. The van der Waals surface area contributed by atoms with Crippen molar-refractivity contribution < 1.29 is 9.32 Å². The van der Waals surface area contributed by atoms with Crippen LogP contribution in [0, 0.1) is 20.8 Å². The second kappa shape index (κ2) is 5.00. The van der Waals surface area contributed by atoms with E-state index in [2.05, 4.69) is 15.5 Å². The summed E-state index contributed by atoms with van der Waals surface area (Å²) in [5.41, 5.74) is 2.45. The minimum atomic E-state index is -0.123. The first-order chi connectivity index (χ1) is 8.56. The molecule has 0 spiro atoms. The third kappa shape index (κ3) is 2.74. The molecule has 1 amide bonds. The Morgan fingerprint density at radius 2 is 2.11 bits per heavy atom. The average molecular weight is 245 g/mol. The number of nitrogens with zero attached hydrogens (tertiary/aromatic N) is 2. The Balaban J connectivity index is 2.06. The zero-order chi connectivity index (χ0) is 13.1. The third-order valence-corrected chi connectivity index (χ3v) is 2.67. The Bertz CT molecular complexity index is 556. The predicted octanol–water partition coefficient (Wildman–Crippen LogP) is 2.18. The highest BCUT2D eigenvalue weighted by Crippen LogP contribution is 2.13. The highest BCUT2D eigenvalue weighted by Gasteiger charge is 2.13. The lowest BCUT2D eigenvalue weighted by Crippen LogP contribution is -2.16. The molecule has 2 aromatic heterocycles. The quantitative estimate of drug-likeness (QED) is 0.899. The van der Waals surface area contributed by atoms with Gasteiger partial charge in [-0.1, -0.05) is 11.2 Å². The highest BCUT2D eigenvalue weighted by molar-refractivity contribution is 5.91. The van der Waals surface area contributed by atoms with Crippen LogP contribution in [0.2, 0.25) is 0 Å². The van der Waals surface area contributed by atoms with Gasteiger partial charge in [-0.3, -0.25) is 4.79 Å². The summed E-state index contributed by atoms with van der Waals surface area (Å²) in [6.07, 6.45) is 0.247. The summed E-state index contributed by atoms with van der Waals surface area (Å²) >= 11 is 0. The van der Waals surface area contributed by atoms with E-state index in [-0.39, 0.29) is 12.3 Å². The van der Waals surface area contributed by atoms with Crippen molar-refractivity contribution in [3.05, 3.63) is 40.9 Å². The Morgan fingerprint density at radius 3 is 2.72 bits per heavy atom. The lowest BCUT2D eigenvalue weighted by molar-refractivity contribution is -0.115. The second-order valence-corrected chi connectivity index (χ2v) is 4.19. The van der Waals surface area contributed by atoms with Crippen LogP contribution in [0.1, 0.15) is 22.7 Å². The molecule has 2 heterocycles. The van der Waals surface area contributed by atoms with Crippen molar-refractivity contribution in [1.29, 1.82) is 0 Å². The van der Waals surface area contributed by atoms with Crippen molar-refractivity contribution in [2.45, 2.75) is 27.2 Å². The van der Waals surface area contributed by atoms with Gasteiger partial charge in [-0.05, 0) is 32.9 Å². The Kier molecular flexibility index (Phi) is 3.41. The molecule has 0 bridgehead atoms. The van der Waals surface area contributed by atoms with Crippen molar-refractivity contribution in [1.82, 2.24) is 10.1 Å². The summed E-state index contributed by atoms with van der Waals surface area (Å²) in [6.45, 7) is 5.50. The molecule has 5 nitrogen and oxygen atoms in total. The molecule has 0 radical (unpaired) electrons. The third-order valence-electron chi connectivity index (χ3n) is 2.67. The Hall–Kier alpha value is -2.17. The molecule has 0 aliphatic carbocycles. The molecule has 0 fully saturated rings. The summed E-state index contributed by atoms with van der Waals surface area (Å²) in [4.78, 5) is 16.1. The summed E-state index contributed by atoms with van der Waals surface area (Å²) in [7, 11) is 0. The van der Waals surface area contributed by atoms with Gasteiger partial charge in [0.25, 0.3) is 0 Å². The van der Waals surface area contributed by atoms with Gasteiger partial charge in [-0.25, -0.2) is 4.98 Å². The average Bonchev–Trinajstić information content (AvgIpc) is 2.61. The molecule has 0 saturated carbocycles. The first kappa shape index (κ1) is 12.3. The fraction of sp³-hybridized carbons (Fsp3) is 0.308. The molecular formula is C13H15N3O2. The van der Waals surface area contributed by atoms with E-state index in [1.54, 1.807) is 13.0 Å². The van der Waals surface area contributed by atoms with Gasteiger partial charge in [-0.2, -0.15) is 0 Å². The van der Waals surface area contributed by atoms with Crippen LogP contribution in [0.4, 0.5) is 5.82 Å². The van der Waals surface area contributed by atoms with Crippen LogP contribution in [0.5, 0.6) is 0 Å². The van der Waals surface area contributed by atoms with Crippen molar-refractivity contribution in [3.8, 4) is 0 Å². The normalized spacial score (nSPS) is 10.4. The Morgan fingerprint density at radius 1 is 1.33 bits per heavy atom. The number of carbonyl (C=O) groups excluding carboxylic acids is 1. The molecule has 0 aliphatic rings. The van der Waals surface area contributed by atoms with E-state index >= 15 is 0 Å². The van der Waals surface area contributed by atoms with E-state index in [1.807, 2.05) is 26.0 Å². The number of hydrogen-bond acceptors (Lipinski definition) is 4. The topological polar surface area (TPSA) is 68.0 Å². The number of nitrogens with one attached hydrogen (secondary N) is 1. The molecule has 0 saturated heterocycles. The van der Waals surface area contributed by atoms with Crippen molar-refractivity contribution in [2.24, 2.45) is 0 Å². The van der Waals surface area contributed by atoms with Crippen molar-refractivity contribution >= 4 is 11.7 Å². The van der Waals surface area contributed by atoms with E-state index in [9.17, 15) is 4.79 Å². The molecule has 0 unspecified atom stereocenters. The number of pyridine rings is 1. The van der Waals surface area contributed by atoms with Crippen LogP contribution in [-0.2, 0) is 11.2 Å². The van der Waals surface area contributed by atoms with Gasteiger partial charge in [0.15, 0.2) is 0 Å². The van der Waals surface area contributed by atoms with Crippen LogP contribution < -0.4 is 5.32 Å². The number of aromatic nitrogens is 2. The molecule has 94 valence electrons. The molecule has 5 heteroatoms. The zero-order valence-corrected chi connectivity index (χ0v) is 10.7. The molecule has 0 atom stereocenters. The maximum absolute atomic E-state index is 11.9. The summed E-state index contributed by atoms with van der Waals surface area (Å²) < 4.78 is 5.02. The standard InChI is InChI=1S/C13H15N3O2/c1-8-5-4-6-12(14-8)15-13(17)7-11-9(2)16-18-10(11)3/h4-6H,7H2,1-3H3,(H,14,15,17). The van der Waals surface area contributed by atoms with Crippen LogP contribution in [-0.4, -0.2) is 16.0 Å². The van der Waals surface area contributed by atoms with Gasteiger partial charge in [-0.15, -0.1) is 0 Å². The van der Waals surface area contributed by atoms with Gasteiger partial charge in [0.2, 0.25) is 5.91 Å². The largest absolute Gasteiger partial charge is 0.361 e. The molecule has 2 rings (SSSR count). The number of amides is 1. The van der Waals surface area contributed by atoms with Gasteiger partial charge in [0.1, 0.15) is 11.6 Å². The second-order valence-electron chi connectivity index (χ2n) is 4.19. The first-order valence-corrected chi connectivity index (χ1v) is 5.71. The predicted molar refractivity (Wildman–Crippen MR) is 67.3 cm³/mol. The number of aryl methyl sites for hydroxylation is 3. The molecule has 0 aliphatic heterocycles. The summed E-state index contributed by atoms with van der Waals surface area (Å²) in [6, 6.07) is 5.50. The molecular weight excluding hydrogens is 230 g/mol. The molecule has 1 N–H and O–H groups in total. The van der Waals surface area contributed by atoms with E-state index in [1.165, 1.54) is 0 Å². The molecule has 18 heavy (non-hydrogen) atoms. The van der Waals surface area contributed by atoms with Crippen LogP contribution >= 0.6 is 0 Å². The number of carbonyl (C=O) groups is 1. The van der Waals surface area contributed by atoms with E-state index < -0.39 is 0 Å².